The molecule has 1 aromatic carbocycles. The van der Waals surface area contributed by atoms with Crippen molar-refractivity contribution in [2.75, 3.05) is 5.32 Å². The fourth-order valence-electron chi connectivity index (χ4n) is 2.64. The lowest BCUT2D eigenvalue weighted by atomic mass is 9.85. The van der Waals surface area contributed by atoms with Gasteiger partial charge in [-0.3, -0.25) is 4.79 Å². The van der Waals surface area contributed by atoms with Crippen LogP contribution in [0.5, 0.6) is 5.75 Å². The van der Waals surface area contributed by atoms with E-state index in [1.54, 1.807) is 12.1 Å². The molecule has 1 fully saturated rings. The van der Waals surface area contributed by atoms with Crippen molar-refractivity contribution in [3.63, 3.8) is 0 Å². The summed E-state index contributed by atoms with van der Waals surface area (Å²) < 4.78 is 5.57. The number of carbonyl (C=O) groups is 1. The lowest BCUT2D eigenvalue weighted by Gasteiger charge is -2.25. The Morgan fingerprint density at radius 3 is 2.73 bits per heavy atom. The van der Waals surface area contributed by atoms with Gasteiger partial charge in [-0.25, -0.2) is 0 Å². The van der Waals surface area contributed by atoms with E-state index in [4.69, 9.17) is 22.1 Å². The van der Waals surface area contributed by atoms with Crippen molar-refractivity contribution in [2.24, 2.45) is 11.7 Å². The first-order valence-corrected chi connectivity index (χ1v) is 7.86. The fraction of sp³-hybridized carbons (Fsp3) is 0.562. The lowest BCUT2D eigenvalue weighted by molar-refractivity contribution is -0.120. The third kappa shape index (κ3) is 5.34. The third-order valence-corrected chi connectivity index (χ3v) is 3.94. The van der Waals surface area contributed by atoms with E-state index in [9.17, 15) is 4.79 Å². The molecule has 0 saturated heterocycles. The van der Waals surface area contributed by atoms with Gasteiger partial charge in [0.15, 0.2) is 0 Å². The van der Waals surface area contributed by atoms with Gasteiger partial charge in [0, 0.05) is 17.6 Å². The van der Waals surface area contributed by atoms with Crippen LogP contribution in [0.25, 0.3) is 0 Å². The summed E-state index contributed by atoms with van der Waals surface area (Å²) in [4.78, 5) is 12.2. The highest BCUT2D eigenvalue weighted by Crippen LogP contribution is 2.30. The van der Waals surface area contributed by atoms with E-state index in [1.165, 1.54) is 0 Å². The standard InChI is InChI=1S/C16H23ClN2O2.ClH/c1-10(2)21-15-7-6-13(9-14(15)17)19-16(20)11-4-3-5-12(18)8-11;/h6-7,9-12H,3-5,8,18H2,1-2H3,(H,19,20);1H. The first-order valence-electron chi connectivity index (χ1n) is 7.48. The number of benzene rings is 1. The van der Waals surface area contributed by atoms with Crippen LogP contribution in [0.2, 0.25) is 5.02 Å². The van der Waals surface area contributed by atoms with Gasteiger partial charge in [-0.2, -0.15) is 0 Å². The zero-order valence-corrected chi connectivity index (χ0v) is 14.5. The molecule has 3 N–H and O–H groups in total. The summed E-state index contributed by atoms with van der Waals surface area (Å²) in [6, 6.07) is 5.45. The van der Waals surface area contributed by atoms with Crippen molar-refractivity contribution in [2.45, 2.75) is 51.7 Å². The van der Waals surface area contributed by atoms with Gasteiger partial charge >= 0.3 is 0 Å². The van der Waals surface area contributed by atoms with Gasteiger partial charge in [-0.05, 0) is 51.3 Å². The van der Waals surface area contributed by atoms with Gasteiger partial charge in [-0.15, -0.1) is 12.4 Å². The second kappa shape index (κ2) is 8.61. The predicted molar refractivity (Wildman–Crippen MR) is 93.0 cm³/mol. The van der Waals surface area contributed by atoms with Gasteiger partial charge in [0.1, 0.15) is 5.75 Å². The number of nitrogens with two attached hydrogens (primary N) is 1. The van der Waals surface area contributed by atoms with Crippen molar-refractivity contribution in [1.82, 2.24) is 0 Å². The molecule has 0 bridgehead atoms. The Balaban J connectivity index is 0.00000242. The molecule has 2 unspecified atom stereocenters. The van der Waals surface area contributed by atoms with Crippen molar-refractivity contribution in [3.8, 4) is 5.75 Å². The van der Waals surface area contributed by atoms with Crippen LogP contribution >= 0.6 is 24.0 Å². The van der Waals surface area contributed by atoms with Crippen LogP contribution in [0.1, 0.15) is 39.5 Å². The number of amides is 1. The fourth-order valence-corrected chi connectivity index (χ4v) is 2.86. The van der Waals surface area contributed by atoms with E-state index in [0.29, 0.717) is 16.5 Å². The van der Waals surface area contributed by atoms with Crippen LogP contribution in [0.4, 0.5) is 5.69 Å². The number of carbonyl (C=O) groups excluding carboxylic acids is 1. The molecular formula is C16H24Cl2N2O2. The number of ether oxygens (including phenoxy) is 1. The number of rotatable bonds is 4. The van der Waals surface area contributed by atoms with E-state index in [1.807, 2.05) is 19.9 Å². The number of nitrogens with one attached hydrogen (secondary N) is 1. The summed E-state index contributed by atoms with van der Waals surface area (Å²) in [5, 5.41) is 3.42. The number of anilines is 1. The molecule has 1 aliphatic carbocycles. The topological polar surface area (TPSA) is 64.3 Å². The summed E-state index contributed by atoms with van der Waals surface area (Å²) in [7, 11) is 0. The van der Waals surface area contributed by atoms with Crippen LogP contribution in [0, 0.1) is 5.92 Å². The van der Waals surface area contributed by atoms with Crippen molar-refractivity contribution in [3.05, 3.63) is 23.2 Å². The Bertz CT molecular complexity index is 509. The number of halogens is 2. The molecule has 4 nitrogen and oxygen atoms in total. The van der Waals surface area contributed by atoms with Crippen molar-refractivity contribution < 1.29 is 9.53 Å². The normalized spacial score (nSPS) is 21.1. The van der Waals surface area contributed by atoms with E-state index in [2.05, 4.69) is 5.32 Å². The monoisotopic (exact) mass is 346 g/mol. The Morgan fingerprint density at radius 2 is 2.14 bits per heavy atom. The summed E-state index contributed by atoms with van der Waals surface area (Å²) in [6.45, 7) is 3.89. The molecule has 6 heteroatoms. The Morgan fingerprint density at radius 1 is 1.41 bits per heavy atom. The van der Waals surface area contributed by atoms with E-state index in [-0.39, 0.29) is 36.4 Å². The largest absolute Gasteiger partial charge is 0.489 e. The van der Waals surface area contributed by atoms with Crippen molar-refractivity contribution in [1.29, 1.82) is 0 Å². The summed E-state index contributed by atoms with van der Waals surface area (Å²) in [5.74, 6) is 0.655. The highest BCUT2D eigenvalue weighted by molar-refractivity contribution is 6.32. The molecule has 0 aliphatic heterocycles. The predicted octanol–water partition coefficient (Wildman–Crippen LogP) is 4.01. The molecule has 0 spiro atoms. The average Bonchev–Trinajstić information content (AvgIpc) is 2.41. The van der Waals surface area contributed by atoms with E-state index in [0.717, 1.165) is 25.7 Å². The molecule has 124 valence electrons. The number of hydrogen-bond acceptors (Lipinski definition) is 3. The summed E-state index contributed by atoms with van der Waals surface area (Å²) >= 11 is 6.17. The van der Waals surface area contributed by atoms with Gasteiger partial charge in [-0.1, -0.05) is 18.0 Å². The molecule has 0 heterocycles. The first kappa shape index (κ1) is 19.1. The van der Waals surface area contributed by atoms with Crippen LogP contribution in [-0.2, 0) is 4.79 Å². The minimum Gasteiger partial charge on any atom is -0.489 e. The minimum atomic E-state index is -0.000818. The zero-order valence-electron chi connectivity index (χ0n) is 13.0. The van der Waals surface area contributed by atoms with Crippen LogP contribution in [0.3, 0.4) is 0 Å². The molecule has 22 heavy (non-hydrogen) atoms. The second-order valence-corrected chi connectivity index (χ2v) is 6.33. The Kier molecular flexibility index (Phi) is 7.46. The molecule has 2 rings (SSSR count). The average molecular weight is 347 g/mol. The first-order chi connectivity index (χ1) is 9.95. The van der Waals surface area contributed by atoms with E-state index < -0.39 is 0 Å². The van der Waals surface area contributed by atoms with Gasteiger partial charge in [0.2, 0.25) is 5.91 Å². The highest BCUT2D eigenvalue weighted by Gasteiger charge is 2.25. The van der Waals surface area contributed by atoms with Crippen molar-refractivity contribution >= 4 is 35.6 Å². The molecule has 0 radical (unpaired) electrons. The molecule has 1 amide bonds. The molecular weight excluding hydrogens is 323 g/mol. The smallest absolute Gasteiger partial charge is 0.227 e. The SMILES string of the molecule is CC(C)Oc1ccc(NC(=O)C2CCCC(N)C2)cc1Cl.Cl. The minimum absolute atomic E-state index is 0. The molecule has 1 saturated carbocycles. The quantitative estimate of drug-likeness (QED) is 0.865. The third-order valence-electron chi connectivity index (χ3n) is 3.65. The maximum Gasteiger partial charge on any atom is 0.227 e. The second-order valence-electron chi connectivity index (χ2n) is 5.92. The van der Waals surface area contributed by atoms with Gasteiger partial charge in [0.05, 0.1) is 11.1 Å². The summed E-state index contributed by atoms with van der Waals surface area (Å²) in [6.07, 6.45) is 3.75. The maximum atomic E-state index is 12.2. The van der Waals surface area contributed by atoms with Gasteiger partial charge < -0.3 is 15.8 Å². The van der Waals surface area contributed by atoms with Crippen LogP contribution < -0.4 is 15.8 Å². The van der Waals surface area contributed by atoms with Crippen LogP contribution in [0.15, 0.2) is 18.2 Å². The highest BCUT2D eigenvalue weighted by atomic mass is 35.5. The Hall–Kier alpha value is -0.970. The molecule has 1 aromatic rings. The lowest BCUT2D eigenvalue weighted by Crippen LogP contribution is -2.34. The Labute approximate surface area is 143 Å². The number of hydrogen-bond donors (Lipinski definition) is 2. The summed E-state index contributed by atoms with van der Waals surface area (Å²) in [5.41, 5.74) is 6.62. The molecule has 1 aliphatic rings. The maximum absolute atomic E-state index is 12.2. The zero-order chi connectivity index (χ0) is 15.4. The molecule has 0 aromatic heterocycles. The van der Waals surface area contributed by atoms with Gasteiger partial charge in [0.25, 0.3) is 0 Å². The van der Waals surface area contributed by atoms with E-state index >= 15 is 0 Å². The van der Waals surface area contributed by atoms with Crippen LogP contribution in [-0.4, -0.2) is 18.1 Å². The molecule has 2 atom stereocenters.